The lowest BCUT2D eigenvalue weighted by atomic mass is 10.1. The highest BCUT2D eigenvalue weighted by molar-refractivity contribution is 7.94. The number of oxazole rings is 1. The number of thiophene rings is 1. The third-order valence-corrected chi connectivity index (χ3v) is 9.24. The van der Waals surface area contributed by atoms with E-state index < -0.39 is 21.2 Å². The summed E-state index contributed by atoms with van der Waals surface area (Å²) in [5.74, 6) is 0.676. The van der Waals surface area contributed by atoms with Crippen molar-refractivity contribution in [3.8, 4) is 16.5 Å². The predicted octanol–water partition coefficient (Wildman–Crippen LogP) is 4.05. The van der Waals surface area contributed by atoms with E-state index in [1.165, 1.54) is 27.8 Å². The van der Waals surface area contributed by atoms with Crippen molar-refractivity contribution in [1.29, 1.82) is 5.26 Å². The second-order valence-electron chi connectivity index (χ2n) is 6.95. The van der Waals surface area contributed by atoms with Gasteiger partial charge in [0, 0.05) is 11.8 Å². The fraction of sp³-hybridized carbons (Fsp3) is 0.143. The molecule has 1 atom stereocenters. The van der Waals surface area contributed by atoms with Crippen molar-refractivity contribution in [2.75, 3.05) is 16.6 Å². The van der Waals surface area contributed by atoms with Crippen LogP contribution in [-0.4, -0.2) is 30.3 Å². The van der Waals surface area contributed by atoms with Crippen LogP contribution in [0.3, 0.4) is 0 Å². The molecule has 2 aromatic carbocycles. The Bertz CT molecular complexity index is 1470. The molecule has 4 aromatic rings. The van der Waals surface area contributed by atoms with Crippen LogP contribution in [0.2, 0.25) is 0 Å². The average Bonchev–Trinajstić information content (AvgIpc) is 3.38. The lowest BCUT2D eigenvalue weighted by Gasteiger charge is -2.31. The van der Waals surface area contributed by atoms with Crippen molar-refractivity contribution >= 4 is 49.3 Å². The summed E-state index contributed by atoms with van der Waals surface area (Å²) in [6.45, 7) is 1.81. The number of rotatable bonds is 3. The van der Waals surface area contributed by atoms with Gasteiger partial charge in [0.15, 0.2) is 16.4 Å². The Balaban J connectivity index is 1.62. The third-order valence-electron chi connectivity index (χ3n) is 5.01. The first-order valence-corrected chi connectivity index (χ1v) is 12.9. The number of aryl methyl sites for hydroxylation is 1. The minimum absolute atomic E-state index is 0.0974. The van der Waals surface area contributed by atoms with E-state index in [9.17, 15) is 13.0 Å². The van der Waals surface area contributed by atoms with Crippen LogP contribution in [0, 0.1) is 18.3 Å². The number of nitrogens with zero attached hydrogens (tertiary/aromatic N) is 3. The molecular weight excluding hydrogens is 454 g/mol. The van der Waals surface area contributed by atoms with Crippen molar-refractivity contribution in [3.05, 3.63) is 59.3 Å². The zero-order chi connectivity index (χ0) is 21.8. The van der Waals surface area contributed by atoms with Crippen LogP contribution in [0.15, 0.2) is 62.7 Å². The molecule has 156 valence electrons. The number of benzene rings is 2. The summed E-state index contributed by atoms with van der Waals surface area (Å²) in [5.41, 5.74) is 2.15. The van der Waals surface area contributed by atoms with Crippen molar-refractivity contribution in [2.45, 2.75) is 16.7 Å². The smallest absolute Gasteiger partial charge is 0.264 e. The topological polar surface area (TPSA) is 110 Å². The van der Waals surface area contributed by atoms with Crippen molar-refractivity contribution in [1.82, 2.24) is 4.98 Å². The molecular formula is C21H15N3O4S3. The second-order valence-corrected chi connectivity index (χ2v) is 11.4. The van der Waals surface area contributed by atoms with Gasteiger partial charge in [0.05, 0.1) is 11.4 Å². The number of fused-ring (bicyclic) bond motifs is 2. The summed E-state index contributed by atoms with van der Waals surface area (Å²) in [4.78, 5) is 6.21. The van der Waals surface area contributed by atoms with Gasteiger partial charge in [-0.15, -0.1) is 11.3 Å². The van der Waals surface area contributed by atoms with E-state index in [0.717, 1.165) is 10.4 Å². The number of sulfonamides is 1. The van der Waals surface area contributed by atoms with E-state index in [0.29, 0.717) is 32.5 Å². The molecule has 0 radical (unpaired) electrons. The number of anilines is 1. The van der Waals surface area contributed by atoms with Gasteiger partial charge in [-0.25, -0.2) is 13.4 Å². The molecule has 1 unspecified atom stereocenters. The van der Waals surface area contributed by atoms with Gasteiger partial charge in [-0.3, -0.25) is 4.31 Å². The fourth-order valence-corrected chi connectivity index (χ4v) is 7.23. The van der Waals surface area contributed by atoms with Crippen LogP contribution in [0.4, 0.5) is 5.69 Å². The quantitative estimate of drug-likeness (QED) is 0.419. The van der Waals surface area contributed by atoms with Gasteiger partial charge in [-0.1, -0.05) is 0 Å². The van der Waals surface area contributed by atoms with Crippen LogP contribution >= 0.6 is 11.3 Å². The van der Waals surface area contributed by atoms with Gasteiger partial charge in [-0.05, 0) is 65.3 Å². The lowest BCUT2D eigenvalue weighted by molar-refractivity contribution is 0.561. The molecule has 0 aliphatic carbocycles. The fourth-order valence-electron chi connectivity index (χ4n) is 3.57. The summed E-state index contributed by atoms with van der Waals surface area (Å²) >= 11 is 0.0332. The largest absolute Gasteiger partial charge is 0.611 e. The molecule has 0 saturated carbocycles. The minimum Gasteiger partial charge on any atom is -0.611 e. The highest BCUT2D eigenvalue weighted by atomic mass is 32.2. The first-order valence-electron chi connectivity index (χ1n) is 9.29. The standard InChI is InChI=1S/C21H15N3O4S3/c1-13-23-17-11-16(4-5-19(17)28-13)31(26,27)24-8-9-30(25)21-7-2-14(10-18(21)24)20-6-3-15(12-22)29-20/h2-7,10-11H,8-9H2,1H3. The molecule has 31 heavy (non-hydrogen) atoms. The summed E-state index contributed by atoms with van der Waals surface area (Å²) in [5, 5.41) is 9.10. The Morgan fingerprint density at radius 1 is 1.23 bits per heavy atom. The molecule has 2 aromatic heterocycles. The number of hydrogen-bond donors (Lipinski definition) is 0. The molecule has 0 bridgehead atoms. The van der Waals surface area contributed by atoms with E-state index >= 15 is 0 Å². The maximum absolute atomic E-state index is 13.5. The molecule has 1 aliphatic rings. The second kappa shape index (κ2) is 7.39. The molecule has 0 saturated heterocycles. The highest BCUT2D eigenvalue weighted by Gasteiger charge is 2.36. The van der Waals surface area contributed by atoms with E-state index in [2.05, 4.69) is 11.1 Å². The molecule has 0 spiro atoms. The van der Waals surface area contributed by atoms with Gasteiger partial charge in [0.1, 0.15) is 27.9 Å². The van der Waals surface area contributed by atoms with Gasteiger partial charge >= 0.3 is 0 Å². The van der Waals surface area contributed by atoms with E-state index in [4.69, 9.17) is 9.68 Å². The van der Waals surface area contributed by atoms with Gasteiger partial charge in [-0.2, -0.15) is 5.26 Å². The third kappa shape index (κ3) is 3.40. The van der Waals surface area contributed by atoms with Crippen LogP contribution in [0.1, 0.15) is 10.8 Å². The van der Waals surface area contributed by atoms with Gasteiger partial charge < -0.3 is 8.97 Å². The minimum atomic E-state index is -3.91. The summed E-state index contributed by atoms with van der Waals surface area (Å²) < 4.78 is 46.4. The van der Waals surface area contributed by atoms with E-state index in [-0.39, 0.29) is 17.2 Å². The Kier molecular flexibility index (Phi) is 4.79. The maximum Gasteiger partial charge on any atom is 0.264 e. The Morgan fingerprint density at radius 2 is 2.06 bits per heavy atom. The van der Waals surface area contributed by atoms with E-state index in [1.807, 2.05) is 12.1 Å². The molecule has 0 N–H and O–H groups in total. The first kappa shape index (κ1) is 20.1. The monoisotopic (exact) mass is 469 g/mol. The van der Waals surface area contributed by atoms with E-state index in [1.54, 1.807) is 31.2 Å². The first-order chi connectivity index (χ1) is 14.9. The van der Waals surface area contributed by atoms with Crippen molar-refractivity contribution in [3.63, 3.8) is 0 Å². The summed E-state index contributed by atoms with van der Waals surface area (Å²) in [7, 11) is -3.91. The van der Waals surface area contributed by atoms with Gasteiger partial charge in [0.25, 0.3) is 10.0 Å². The number of nitriles is 1. The average molecular weight is 470 g/mol. The summed E-state index contributed by atoms with van der Waals surface area (Å²) in [6.07, 6.45) is 0. The van der Waals surface area contributed by atoms with Crippen molar-refractivity contribution < 1.29 is 17.4 Å². The normalized spacial score (nSPS) is 16.3. The molecule has 0 amide bonds. The highest BCUT2D eigenvalue weighted by Crippen LogP contribution is 2.39. The van der Waals surface area contributed by atoms with Crippen LogP contribution in [0.5, 0.6) is 0 Å². The maximum atomic E-state index is 13.5. The number of aromatic nitrogens is 1. The Hall–Kier alpha value is -2.84. The number of hydrogen-bond acceptors (Lipinski definition) is 7. The molecule has 10 heteroatoms. The molecule has 7 nitrogen and oxygen atoms in total. The Labute approximate surface area is 185 Å². The van der Waals surface area contributed by atoms with Crippen molar-refractivity contribution in [2.24, 2.45) is 0 Å². The molecule has 0 fully saturated rings. The zero-order valence-electron chi connectivity index (χ0n) is 16.2. The summed E-state index contributed by atoms with van der Waals surface area (Å²) in [6, 6.07) is 15.5. The lowest BCUT2D eigenvalue weighted by Crippen LogP contribution is -2.39. The van der Waals surface area contributed by atoms with Gasteiger partial charge in [0.2, 0.25) is 0 Å². The van der Waals surface area contributed by atoms with Crippen LogP contribution in [-0.2, 0) is 21.2 Å². The SMILES string of the molecule is Cc1nc2cc(S(=O)(=O)N3CC[S+]([O-])c4ccc(-c5ccc(C#N)s5)cc43)ccc2o1. The molecule has 3 heterocycles. The van der Waals surface area contributed by atoms with Crippen LogP contribution < -0.4 is 4.31 Å². The molecule has 1 aliphatic heterocycles. The molecule has 5 rings (SSSR count). The van der Waals surface area contributed by atoms with Crippen LogP contribution in [0.25, 0.3) is 21.5 Å². The Morgan fingerprint density at radius 3 is 2.84 bits per heavy atom. The predicted molar refractivity (Wildman–Crippen MR) is 119 cm³/mol. The zero-order valence-corrected chi connectivity index (χ0v) is 18.7.